The molecule has 0 amide bonds. The molecule has 2 fully saturated rings. The highest BCUT2D eigenvalue weighted by atomic mass is 32.2. The van der Waals surface area contributed by atoms with Gasteiger partial charge in [0.1, 0.15) is 5.40 Å². The fourth-order valence-corrected chi connectivity index (χ4v) is 2.63. The standard InChI is InChI=1S/C12H13N3O2S/c13-7-18-11-5-10(8-1-2-8)14-15(12(11)16)9-3-4-17-6-9/h5,8-9H,1-4,6H2/t9-/m0/s1. The van der Waals surface area contributed by atoms with E-state index in [0.29, 0.717) is 24.0 Å². The zero-order chi connectivity index (χ0) is 12.5. The van der Waals surface area contributed by atoms with E-state index in [-0.39, 0.29) is 11.6 Å². The predicted octanol–water partition coefficient (Wildman–Crippen LogP) is 1.66. The molecule has 2 heterocycles. The lowest BCUT2D eigenvalue weighted by Gasteiger charge is -2.13. The Morgan fingerprint density at radius 1 is 1.50 bits per heavy atom. The van der Waals surface area contributed by atoms with Crippen LogP contribution in [0.15, 0.2) is 15.8 Å². The first-order valence-corrected chi connectivity index (χ1v) is 6.88. The molecule has 0 bridgehead atoms. The van der Waals surface area contributed by atoms with Crippen LogP contribution in [0, 0.1) is 10.7 Å². The number of hydrogen-bond acceptors (Lipinski definition) is 5. The molecule has 0 N–H and O–H groups in total. The maximum atomic E-state index is 12.2. The Morgan fingerprint density at radius 3 is 2.94 bits per heavy atom. The minimum atomic E-state index is -0.165. The quantitative estimate of drug-likeness (QED) is 0.612. The van der Waals surface area contributed by atoms with Gasteiger partial charge in [-0.1, -0.05) is 0 Å². The van der Waals surface area contributed by atoms with Gasteiger partial charge < -0.3 is 4.74 Å². The first-order chi connectivity index (χ1) is 8.79. The lowest BCUT2D eigenvalue weighted by Crippen LogP contribution is -2.29. The van der Waals surface area contributed by atoms with Gasteiger partial charge in [0.2, 0.25) is 0 Å². The van der Waals surface area contributed by atoms with Crippen LogP contribution in [0.4, 0.5) is 0 Å². The average Bonchev–Trinajstić information content (AvgIpc) is 3.08. The van der Waals surface area contributed by atoms with Gasteiger partial charge in [-0.05, 0) is 37.1 Å². The van der Waals surface area contributed by atoms with E-state index in [2.05, 4.69) is 5.10 Å². The highest BCUT2D eigenvalue weighted by molar-refractivity contribution is 8.03. The molecule has 1 aliphatic heterocycles. The van der Waals surface area contributed by atoms with Crippen molar-refractivity contribution in [3.63, 3.8) is 0 Å². The summed E-state index contributed by atoms with van der Waals surface area (Å²) in [5.74, 6) is 0.470. The molecular weight excluding hydrogens is 250 g/mol. The van der Waals surface area contributed by atoms with Crippen LogP contribution in [-0.2, 0) is 4.74 Å². The van der Waals surface area contributed by atoms with Crippen molar-refractivity contribution in [2.45, 2.75) is 36.1 Å². The van der Waals surface area contributed by atoms with Crippen molar-refractivity contribution in [2.24, 2.45) is 0 Å². The summed E-state index contributed by atoms with van der Waals surface area (Å²) in [5, 5.41) is 15.2. The minimum absolute atomic E-state index is 0.0224. The summed E-state index contributed by atoms with van der Waals surface area (Å²) >= 11 is 0.926. The maximum Gasteiger partial charge on any atom is 0.281 e. The molecule has 0 radical (unpaired) electrons. The van der Waals surface area contributed by atoms with Crippen LogP contribution in [0.1, 0.15) is 36.9 Å². The molecule has 1 saturated heterocycles. The van der Waals surface area contributed by atoms with Crippen molar-refractivity contribution >= 4 is 11.8 Å². The number of aromatic nitrogens is 2. The monoisotopic (exact) mass is 263 g/mol. The van der Waals surface area contributed by atoms with E-state index >= 15 is 0 Å². The van der Waals surface area contributed by atoms with Crippen LogP contribution in [0.2, 0.25) is 0 Å². The third-order valence-corrected chi connectivity index (χ3v) is 3.93. The number of ether oxygens (including phenoxy) is 1. The molecule has 1 aliphatic carbocycles. The zero-order valence-corrected chi connectivity index (χ0v) is 10.7. The van der Waals surface area contributed by atoms with Crippen molar-refractivity contribution in [2.75, 3.05) is 13.2 Å². The molecule has 1 aromatic rings. The SMILES string of the molecule is N#CSc1cc(C2CC2)nn([C@H]2CCOC2)c1=O. The van der Waals surface area contributed by atoms with Gasteiger partial charge in [-0.25, -0.2) is 4.68 Å². The molecule has 0 aromatic carbocycles. The Labute approximate surface area is 109 Å². The van der Waals surface area contributed by atoms with Crippen LogP contribution in [-0.4, -0.2) is 23.0 Å². The van der Waals surface area contributed by atoms with Gasteiger partial charge >= 0.3 is 0 Å². The van der Waals surface area contributed by atoms with Crippen LogP contribution in [0.25, 0.3) is 0 Å². The van der Waals surface area contributed by atoms with E-state index in [1.54, 1.807) is 6.07 Å². The van der Waals surface area contributed by atoms with Crippen LogP contribution >= 0.6 is 11.8 Å². The third kappa shape index (κ3) is 2.16. The van der Waals surface area contributed by atoms with Crippen molar-refractivity contribution in [1.29, 1.82) is 5.26 Å². The first-order valence-electron chi connectivity index (χ1n) is 6.07. The Hall–Kier alpha value is -1.32. The molecule has 0 spiro atoms. The number of nitriles is 1. The van der Waals surface area contributed by atoms with E-state index in [4.69, 9.17) is 10.00 Å². The zero-order valence-electron chi connectivity index (χ0n) is 9.83. The average molecular weight is 263 g/mol. The molecule has 94 valence electrons. The normalized spacial score (nSPS) is 22.9. The minimum Gasteiger partial charge on any atom is -0.379 e. The second kappa shape index (κ2) is 4.75. The Bertz CT molecular complexity index is 553. The fourth-order valence-electron chi connectivity index (χ4n) is 2.17. The second-order valence-corrected chi connectivity index (χ2v) is 5.49. The van der Waals surface area contributed by atoms with E-state index in [1.165, 1.54) is 4.68 Å². The lowest BCUT2D eigenvalue weighted by atomic mass is 10.2. The van der Waals surface area contributed by atoms with E-state index < -0.39 is 0 Å². The summed E-state index contributed by atoms with van der Waals surface area (Å²) in [4.78, 5) is 12.7. The van der Waals surface area contributed by atoms with Crippen LogP contribution in [0.3, 0.4) is 0 Å². The third-order valence-electron chi connectivity index (χ3n) is 3.32. The summed E-state index contributed by atoms with van der Waals surface area (Å²) in [6.45, 7) is 1.21. The highest BCUT2D eigenvalue weighted by Crippen LogP contribution is 2.39. The van der Waals surface area contributed by atoms with E-state index in [0.717, 1.165) is 36.7 Å². The van der Waals surface area contributed by atoms with Crippen molar-refractivity contribution < 1.29 is 4.74 Å². The summed E-state index contributed by atoms with van der Waals surface area (Å²) in [6.07, 6.45) is 3.07. The van der Waals surface area contributed by atoms with E-state index in [1.807, 2.05) is 5.40 Å². The van der Waals surface area contributed by atoms with Gasteiger partial charge in [0.15, 0.2) is 0 Å². The second-order valence-electron chi connectivity index (χ2n) is 4.67. The summed E-state index contributed by atoms with van der Waals surface area (Å²) in [6, 6.07) is 1.80. The lowest BCUT2D eigenvalue weighted by molar-refractivity contribution is 0.183. The number of rotatable bonds is 3. The van der Waals surface area contributed by atoms with Crippen LogP contribution in [0.5, 0.6) is 0 Å². The van der Waals surface area contributed by atoms with Gasteiger partial charge in [0, 0.05) is 12.5 Å². The predicted molar refractivity (Wildman–Crippen MR) is 66.4 cm³/mol. The first kappa shape index (κ1) is 11.8. The molecule has 6 heteroatoms. The molecule has 1 atom stereocenters. The molecule has 1 aromatic heterocycles. The molecule has 5 nitrogen and oxygen atoms in total. The number of thioether (sulfide) groups is 1. The summed E-state index contributed by atoms with van der Waals surface area (Å²) in [7, 11) is 0. The molecular formula is C12H13N3O2S. The number of thiocyanates is 1. The van der Waals surface area contributed by atoms with Crippen molar-refractivity contribution in [1.82, 2.24) is 9.78 Å². The van der Waals surface area contributed by atoms with Crippen LogP contribution < -0.4 is 5.56 Å². The van der Waals surface area contributed by atoms with Gasteiger partial charge in [-0.3, -0.25) is 4.79 Å². The molecule has 2 aliphatic rings. The number of hydrogen-bond donors (Lipinski definition) is 0. The van der Waals surface area contributed by atoms with Crippen molar-refractivity contribution in [3.8, 4) is 5.40 Å². The van der Waals surface area contributed by atoms with E-state index in [9.17, 15) is 4.79 Å². The Balaban J connectivity index is 2.04. The summed E-state index contributed by atoms with van der Waals surface area (Å²) in [5.41, 5.74) is 0.778. The fraction of sp³-hybridized carbons (Fsp3) is 0.583. The van der Waals surface area contributed by atoms with Gasteiger partial charge in [-0.2, -0.15) is 10.4 Å². The van der Waals surface area contributed by atoms with Crippen molar-refractivity contribution in [3.05, 3.63) is 22.1 Å². The molecule has 18 heavy (non-hydrogen) atoms. The Kier molecular flexibility index (Phi) is 3.10. The molecule has 1 saturated carbocycles. The molecule has 0 unspecified atom stereocenters. The number of nitrogens with zero attached hydrogens (tertiary/aromatic N) is 3. The molecule has 3 rings (SSSR count). The Morgan fingerprint density at radius 2 is 2.33 bits per heavy atom. The van der Waals surface area contributed by atoms with Gasteiger partial charge in [-0.15, -0.1) is 0 Å². The highest BCUT2D eigenvalue weighted by Gasteiger charge is 2.29. The maximum absolute atomic E-state index is 12.2. The summed E-state index contributed by atoms with van der Waals surface area (Å²) < 4.78 is 6.84. The topological polar surface area (TPSA) is 67.9 Å². The smallest absolute Gasteiger partial charge is 0.281 e. The van der Waals surface area contributed by atoms with Gasteiger partial charge in [0.05, 0.1) is 23.2 Å². The van der Waals surface area contributed by atoms with Gasteiger partial charge in [0.25, 0.3) is 5.56 Å². The largest absolute Gasteiger partial charge is 0.379 e.